The van der Waals surface area contributed by atoms with Crippen molar-refractivity contribution in [2.75, 3.05) is 7.11 Å². The van der Waals surface area contributed by atoms with Crippen LogP contribution in [0.4, 0.5) is 0 Å². The number of hydrogen-bond acceptors (Lipinski definition) is 2. The van der Waals surface area contributed by atoms with Gasteiger partial charge in [0.1, 0.15) is 5.60 Å². The third kappa shape index (κ3) is 1.70. The Morgan fingerprint density at radius 3 is 2.53 bits per heavy atom. The van der Waals surface area contributed by atoms with Crippen molar-refractivity contribution >= 4 is 5.78 Å². The summed E-state index contributed by atoms with van der Waals surface area (Å²) >= 11 is 0. The highest BCUT2D eigenvalue weighted by atomic mass is 16.5. The highest BCUT2D eigenvalue weighted by Gasteiger charge is 2.42. The van der Waals surface area contributed by atoms with Gasteiger partial charge in [0.05, 0.1) is 0 Å². The van der Waals surface area contributed by atoms with Gasteiger partial charge in [-0.25, -0.2) is 0 Å². The highest BCUT2D eigenvalue weighted by molar-refractivity contribution is 6.13. The third-order valence-electron chi connectivity index (χ3n) is 3.27. The lowest BCUT2D eigenvalue weighted by atomic mass is 9.92. The van der Waals surface area contributed by atoms with E-state index in [9.17, 15) is 4.79 Å². The quantitative estimate of drug-likeness (QED) is 0.524. The normalized spacial score (nSPS) is 29.1. The smallest absolute Gasteiger partial charge is 0.187 e. The molecule has 0 aromatic heterocycles. The van der Waals surface area contributed by atoms with Crippen molar-refractivity contribution in [2.24, 2.45) is 0 Å². The summed E-state index contributed by atoms with van der Waals surface area (Å²) in [7, 11) is 1.64. The zero-order valence-corrected chi connectivity index (χ0v) is 9.89. The molecule has 0 fully saturated rings. The molecule has 0 aromatic carbocycles. The fourth-order valence-corrected chi connectivity index (χ4v) is 1.90. The average Bonchev–Trinajstić information content (AvgIpc) is 2.40. The van der Waals surface area contributed by atoms with E-state index in [-0.39, 0.29) is 5.78 Å². The van der Waals surface area contributed by atoms with Gasteiger partial charge in [0, 0.05) is 12.7 Å². The first kappa shape index (κ1) is 11.9. The molecule has 0 radical (unpaired) electrons. The van der Waals surface area contributed by atoms with Crippen LogP contribution in [-0.4, -0.2) is 18.5 Å². The third-order valence-corrected chi connectivity index (χ3v) is 3.27. The van der Waals surface area contributed by atoms with E-state index >= 15 is 0 Å². The largest absolute Gasteiger partial charge is 0.369 e. The maximum absolute atomic E-state index is 12.0. The molecule has 1 rings (SSSR count). The van der Waals surface area contributed by atoms with Gasteiger partial charge in [-0.05, 0) is 38.3 Å². The molecule has 1 aliphatic rings. The van der Waals surface area contributed by atoms with Crippen LogP contribution in [-0.2, 0) is 9.53 Å². The van der Waals surface area contributed by atoms with Crippen molar-refractivity contribution in [2.45, 2.75) is 32.8 Å². The van der Waals surface area contributed by atoms with Gasteiger partial charge in [0.2, 0.25) is 0 Å². The Labute approximate surface area is 91.3 Å². The molecule has 15 heavy (non-hydrogen) atoms. The zero-order chi connectivity index (χ0) is 11.6. The standard InChI is InChI=1S/C13H18O2/c1-6-7-8-11-12(14)9(2)10(3)13(11,4)15-5/h6,8H,1,7H2,2-5H3/b11-8-. The van der Waals surface area contributed by atoms with Crippen molar-refractivity contribution in [3.8, 4) is 0 Å². The average molecular weight is 206 g/mol. The summed E-state index contributed by atoms with van der Waals surface area (Å²) in [6.45, 7) is 9.38. The summed E-state index contributed by atoms with van der Waals surface area (Å²) in [4.78, 5) is 12.0. The van der Waals surface area contributed by atoms with E-state index < -0.39 is 5.60 Å². The minimum Gasteiger partial charge on any atom is -0.369 e. The Kier molecular flexibility index (Phi) is 3.30. The maximum atomic E-state index is 12.0. The minimum atomic E-state index is -0.551. The number of ether oxygens (including phenoxy) is 1. The molecule has 0 spiro atoms. The predicted octanol–water partition coefficient (Wildman–Crippen LogP) is 2.81. The van der Waals surface area contributed by atoms with Gasteiger partial charge in [-0.1, -0.05) is 12.2 Å². The summed E-state index contributed by atoms with van der Waals surface area (Å²) in [6, 6.07) is 0. The van der Waals surface area contributed by atoms with Gasteiger partial charge in [-0.2, -0.15) is 0 Å². The first-order valence-electron chi connectivity index (χ1n) is 5.08. The fraction of sp³-hybridized carbons (Fsp3) is 0.462. The number of methoxy groups -OCH3 is 1. The van der Waals surface area contributed by atoms with E-state index in [1.165, 1.54) is 0 Å². The molecule has 0 heterocycles. The Bertz CT molecular complexity index is 361. The molecule has 1 atom stereocenters. The summed E-state index contributed by atoms with van der Waals surface area (Å²) in [5, 5.41) is 0. The lowest BCUT2D eigenvalue weighted by Gasteiger charge is -2.25. The first-order valence-corrected chi connectivity index (χ1v) is 5.08. The molecular weight excluding hydrogens is 188 g/mol. The van der Waals surface area contributed by atoms with E-state index in [4.69, 9.17) is 4.74 Å². The van der Waals surface area contributed by atoms with Crippen LogP contribution in [0.25, 0.3) is 0 Å². The van der Waals surface area contributed by atoms with Crippen molar-refractivity contribution in [3.63, 3.8) is 0 Å². The van der Waals surface area contributed by atoms with E-state index in [1.807, 2.05) is 26.8 Å². The lowest BCUT2D eigenvalue weighted by molar-refractivity contribution is -0.112. The van der Waals surface area contributed by atoms with Gasteiger partial charge in [-0.15, -0.1) is 6.58 Å². The van der Waals surface area contributed by atoms with Crippen molar-refractivity contribution in [1.82, 2.24) is 0 Å². The van der Waals surface area contributed by atoms with Crippen LogP contribution in [0.5, 0.6) is 0 Å². The second kappa shape index (κ2) is 4.15. The molecule has 0 bridgehead atoms. The monoisotopic (exact) mass is 206 g/mol. The Hall–Kier alpha value is -1.15. The van der Waals surface area contributed by atoms with Gasteiger partial charge in [-0.3, -0.25) is 4.79 Å². The summed E-state index contributed by atoms with van der Waals surface area (Å²) in [5.74, 6) is 0.0960. The van der Waals surface area contributed by atoms with E-state index in [0.29, 0.717) is 6.42 Å². The van der Waals surface area contributed by atoms with Crippen LogP contribution >= 0.6 is 0 Å². The van der Waals surface area contributed by atoms with E-state index in [2.05, 4.69) is 6.58 Å². The number of carbonyl (C=O) groups excluding carboxylic acids is 1. The van der Waals surface area contributed by atoms with Gasteiger partial charge < -0.3 is 4.74 Å². The molecular formula is C13H18O2. The predicted molar refractivity (Wildman–Crippen MR) is 61.7 cm³/mol. The van der Waals surface area contributed by atoms with Gasteiger partial charge in [0.15, 0.2) is 5.78 Å². The molecule has 0 saturated carbocycles. The van der Waals surface area contributed by atoms with Crippen LogP contribution in [0.15, 0.2) is 35.5 Å². The number of rotatable bonds is 3. The topological polar surface area (TPSA) is 26.3 Å². The van der Waals surface area contributed by atoms with Crippen molar-refractivity contribution in [3.05, 3.63) is 35.5 Å². The second-order valence-corrected chi connectivity index (χ2v) is 3.96. The maximum Gasteiger partial charge on any atom is 0.187 e. The SMILES string of the molecule is C=CC/C=C1/C(=O)C(C)=C(C)C1(C)OC. The summed E-state index contributed by atoms with van der Waals surface area (Å²) in [5.41, 5.74) is 1.99. The van der Waals surface area contributed by atoms with Crippen LogP contribution in [0.3, 0.4) is 0 Å². The zero-order valence-electron chi connectivity index (χ0n) is 9.89. The molecule has 1 unspecified atom stereocenters. The summed E-state index contributed by atoms with van der Waals surface area (Å²) in [6.07, 6.45) is 4.37. The van der Waals surface area contributed by atoms with Crippen molar-refractivity contribution < 1.29 is 9.53 Å². The number of Topliss-reactive ketones (excluding diaryl/α,β-unsaturated/α-hetero) is 1. The highest BCUT2D eigenvalue weighted by Crippen LogP contribution is 2.39. The molecule has 82 valence electrons. The fourth-order valence-electron chi connectivity index (χ4n) is 1.90. The van der Waals surface area contributed by atoms with E-state index in [1.54, 1.807) is 13.2 Å². The Morgan fingerprint density at radius 1 is 1.47 bits per heavy atom. The first-order chi connectivity index (χ1) is 6.99. The van der Waals surface area contributed by atoms with Crippen LogP contribution in [0.2, 0.25) is 0 Å². The molecule has 0 aliphatic heterocycles. The van der Waals surface area contributed by atoms with Crippen LogP contribution < -0.4 is 0 Å². The molecule has 0 aromatic rings. The molecule has 0 amide bonds. The van der Waals surface area contributed by atoms with E-state index in [0.717, 1.165) is 16.7 Å². The minimum absolute atomic E-state index is 0.0960. The van der Waals surface area contributed by atoms with Crippen LogP contribution in [0.1, 0.15) is 27.2 Å². The second-order valence-electron chi connectivity index (χ2n) is 3.96. The van der Waals surface area contributed by atoms with Gasteiger partial charge in [0.25, 0.3) is 0 Å². The molecule has 0 N–H and O–H groups in total. The van der Waals surface area contributed by atoms with Crippen LogP contribution in [0, 0.1) is 0 Å². The summed E-state index contributed by atoms with van der Waals surface area (Å²) < 4.78 is 5.48. The van der Waals surface area contributed by atoms with Crippen molar-refractivity contribution in [1.29, 1.82) is 0 Å². The lowest BCUT2D eigenvalue weighted by Crippen LogP contribution is -2.29. The molecule has 2 nitrogen and oxygen atoms in total. The molecule has 2 heteroatoms. The van der Waals surface area contributed by atoms with Gasteiger partial charge >= 0.3 is 0 Å². The Balaban J connectivity index is 3.21. The number of ketones is 1. The molecule has 1 aliphatic carbocycles. The Morgan fingerprint density at radius 2 is 2.07 bits per heavy atom. The number of allylic oxidation sites excluding steroid dienone is 3. The number of hydrogen-bond donors (Lipinski definition) is 0. The number of carbonyl (C=O) groups is 1. The molecule has 0 saturated heterocycles.